The lowest BCUT2D eigenvalue weighted by Gasteiger charge is -2.31. The third kappa shape index (κ3) is 6.43. The molecule has 0 heterocycles. The Balaban J connectivity index is 2.95. The summed E-state index contributed by atoms with van der Waals surface area (Å²) >= 11 is 5.41. The van der Waals surface area contributed by atoms with Crippen molar-refractivity contribution in [3.05, 3.63) is 29.8 Å². The topological polar surface area (TPSA) is 69.6 Å². The van der Waals surface area contributed by atoms with E-state index in [-0.39, 0.29) is 11.8 Å². The number of unbranched alkanes of at least 4 members (excludes halogenated alkanes) is 1. The van der Waals surface area contributed by atoms with Crippen LogP contribution in [-0.2, 0) is 15.3 Å². The quantitative estimate of drug-likeness (QED) is 0.392. The Morgan fingerprint density at radius 1 is 1.31 bits per heavy atom. The molecule has 5 nitrogen and oxygen atoms in total. The summed E-state index contributed by atoms with van der Waals surface area (Å²) in [4.78, 5) is 25.1. The fraction of sp³-hybridized carbons (Fsp3) is 0.579. The van der Waals surface area contributed by atoms with Gasteiger partial charge in [0.2, 0.25) is 5.91 Å². The monoisotopic (exact) mass is 398 g/mol. The molecule has 0 radical (unpaired) electrons. The molecule has 0 spiro atoms. The van der Waals surface area contributed by atoms with E-state index in [1.165, 1.54) is 11.8 Å². The molecule has 2 atom stereocenters. The summed E-state index contributed by atoms with van der Waals surface area (Å²) in [7, 11) is 3.95. The SMILES string of the molecule is CCCC[C@](NC(=O)C(C)CS)(SCc1ccc(N(C)C)cc1)C(=O)O. The normalized spacial score (nSPS) is 14.3. The number of anilines is 1. The number of carbonyl (C=O) groups is 2. The number of nitrogens with one attached hydrogen (secondary N) is 1. The molecule has 1 aromatic rings. The van der Waals surface area contributed by atoms with Crippen molar-refractivity contribution in [1.82, 2.24) is 5.32 Å². The minimum atomic E-state index is -1.31. The number of hydrogen-bond donors (Lipinski definition) is 3. The number of nitrogens with zero attached hydrogens (tertiary/aromatic N) is 1. The molecule has 1 aromatic carbocycles. The van der Waals surface area contributed by atoms with Gasteiger partial charge in [-0.3, -0.25) is 4.79 Å². The van der Waals surface area contributed by atoms with Crippen molar-refractivity contribution in [2.24, 2.45) is 5.92 Å². The standard InChI is InChI=1S/C19H30N2O3S2/c1-5-6-11-19(18(23)24,20-17(22)14(2)12-25)26-13-15-7-9-16(10-8-15)21(3)4/h7-10,14,25H,5-6,11-13H2,1-4H3,(H,20,22)(H,23,24)/t14?,19-/m0/s1. The van der Waals surface area contributed by atoms with Crippen LogP contribution in [0, 0.1) is 5.92 Å². The van der Waals surface area contributed by atoms with E-state index in [0.717, 1.165) is 24.1 Å². The lowest BCUT2D eigenvalue weighted by atomic mass is 10.1. The second-order valence-electron chi connectivity index (χ2n) is 6.66. The third-order valence-electron chi connectivity index (χ3n) is 4.21. The van der Waals surface area contributed by atoms with Crippen LogP contribution in [0.2, 0.25) is 0 Å². The van der Waals surface area contributed by atoms with Crippen molar-refractivity contribution < 1.29 is 14.7 Å². The first-order valence-electron chi connectivity index (χ1n) is 8.82. The summed E-state index contributed by atoms with van der Waals surface area (Å²) in [5.41, 5.74) is 2.12. The zero-order valence-corrected chi connectivity index (χ0v) is 17.7. The van der Waals surface area contributed by atoms with Crippen LogP contribution in [0.15, 0.2) is 24.3 Å². The number of carboxylic acids is 1. The van der Waals surface area contributed by atoms with E-state index in [0.29, 0.717) is 17.9 Å². The number of rotatable bonds is 11. The highest BCUT2D eigenvalue weighted by molar-refractivity contribution is 8.00. The molecule has 0 aliphatic rings. The molecular formula is C19H30N2O3S2. The molecule has 7 heteroatoms. The average molecular weight is 399 g/mol. The minimum Gasteiger partial charge on any atom is -0.479 e. The Morgan fingerprint density at radius 3 is 2.38 bits per heavy atom. The predicted molar refractivity (Wildman–Crippen MR) is 113 cm³/mol. The molecule has 146 valence electrons. The highest BCUT2D eigenvalue weighted by Gasteiger charge is 2.40. The molecule has 1 rings (SSSR count). The van der Waals surface area contributed by atoms with E-state index in [2.05, 4.69) is 17.9 Å². The van der Waals surface area contributed by atoms with E-state index < -0.39 is 10.8 Å². The smallest absolute Gasteiger partial charge is 0.340 e. The van der Waals surface area contributed by atoms with Crippen LogP contribution in [0.3, 0.4) is 0 Å². The van der Waals surface area contributed by atoms with Crippen molar-refractivity contribution in [3.8, 4) is 0 Å². The highest BCUT2D eigenvalue weighted by Crippen LogP contribution is 2.33. The molecule has 0 bridgehead atoms. The molecular weight excluding hydrogens is 368 g/mol. The van der Waals surface area contributed by atoms with Crippen LogP contribution in [0.1, 0.15) is 38.7 Å². The fourth-order valence-electron chi connectivity index (χ4n) is 2.32. The maximum Gasteiger partial charge on any atom is 0.340 e. The molecule has 0 aliphatic heterocycles. The first kappa shape index (κ1) is 22.7. The predicted octanol–water partition coefficient (Wildman–Crippen LogP) is 3.64. The van der Waals surface area contributed by atoms with Gasteiger partial charge in [-0.1, -0.05) is 32.4 Å². The molecule has 0 aromatic heterocycles. The van der Waals surface area contributed by atoms with Crippen LogP contribution >= 0.6 is 24.4 Å². The van der Waals surface area contributed by atoms with Gasteiger partial charge in [0.1, 0.15) is 0 Å². The van der Waals surface area contributed by atoms with Gasteiger partial charge >= 0.3 is 5.97 Å². The van der Waals surface area contributed by atoms with Gasteiger partial charge in [0.25, 0.3) is 0 Å². The van der Waals surface area contributed by atoms with Gasteiger partial charge in [-0.15, -0.1) is 11.8 Å². The van der Waals surface area contributed by atoms with E-state index >= 15 is 0 Å². The van der Waals surface area contributed by atoms with Crippen molar-refractivity contribution in [2.45, 2.75) is 43.7 Å². The number of carboxylic acid groups (broad SMARTS) is 1. The summed E-state index contributed by atoms with van der Waals surface area (Å²) < 4.78 is 0. The Kier molecular flexibility index (Phi) is 9.36. The molecule has 0 fully saturated rings. The van der Waals surface area contributed by atoms with Gasteiger partial charge in [-0.2, -0.15) is 12.6 Å². The van der Waals surface area contributed by atoms with E-state index in [9.17, 15) is 14.7 Å². The van der Waals surface area contributed by atoms with Crippen LogP contribution in [0.4, 0.5) is 5.69 Å². The van der Waals surface area contributed by atoms with Gasteiger partial charge in [-0.05, 0) is 30.5 Å². The number of thioether (sulfide) groups is 1. The number of benzene rings is 1. The number of amides is 1. The Hall–Kier alpha value is -1.34. The van der Waals surface area contributed by atoms with Crippen LogP contribution in [-0.4, -0.2) is 41.7 Å². The summed E-state index contributed by atoms with van der Waals surface area (Å²) in [5, 5.41) is 12.7. The second kappa shape index (κ2) is 10.7. The van der Waals surface area contributed by atoms with Gasteiger partial charge in [0.15, 0.2) is 4.87 Å². The number of thiol groups is 1. The van der Waals surface area contributed by atoms with Gasteiger partial charge in [0.05, 0.1) is 0 Å². The van der Waals surface area contributed by atoms with Crippen molar-refractivity contribution in [1.29, 1.82) is 0 Å². The maximum absolute atomic E-state index is 12.3. The van der Waals surface area contributed by atoms with Crippen molar-refractivity contribution in [2.75, 3.05) is 24.7 Å². The molecule has 0 saturated heterocycles. The van der Waals surface area contributed by atoms with Crippen LogP contribution < -0.4 is 10.2 Å². The number of hydrogen-bond acceptors (Lipinski definition) is 5. The first-order valence-corrected chi connectivity index (χ1v) is 10.4. The number of aliphatic carboxylic acids is 1. The summed E-state index contributed by atoms with van der Waals surface area (Å²) in [6, 6.07) is 8.00. The highest BCUT2D eigenvalue weighted by atomic mass is 32.2. The summed E-state index contributed by atoms with van der Waals surface area (Å²) in [6.45, 7) is 3.76. The molecule has 1 amide bonds. The number of carbonyl (C=O) groups excluding carboxylic acids is 1. The Morgan fingerprint density at radius 2 is 1.92 bits per heavy atom. The minimum absolute atomic E-state index is 0.269. The third-order valence-corrected chi connectivity index (χ3v) is 6.21. The van der Waals surface area contributed by atoms with Gasteiger partial charge in [0, 0.05) is 37.2 Å². The van der Waals surface area contributed by atoms with Gasteiger partial charge < -0.3 is 15.3 Å². The molecule has 0 aliphatic carbocycles. The van der Waals surface area contributed by atoms with E-state index in [1.54, 1.807) is 6.92 Å². The van der Waals surface area contributed by atoms with E-state index in [1.807, 2.05) is 50.2 Å². The molecule has 0 saturated carbocycles. The summed E-state index contributed by atoms with van der Waals surface area (Å²) in [6.07, 6.45) is 1.99. The van der Waals surface area contributed by atoms with E-state index in [4.69, 9.17) is 0 Å². The summed E-state index contributed by atoms with van der Waals surface area (Å²) in [5.74, 6) is -0.709. The lowest BCUT2D eigenvalue weighted by molar-refractivity contribution is -0.144. The first-order chi connectivity index (χ1) is 12.3. The maximum atomic E-state index is 12.3. The molecule has 2 N–H and O–H groups in total. The zero-order valence-electron chi connectivity index (χ0n) is 16.0. The fourth-order valence-corrected chi connectivity index (χ4v) is 3.68. The largest absolute Gasteiger partial charge is 0.479 e. The average Bonchev–Trinajstić information content (AvgIpc) is 2.63. The second-order valence-corrected chi connectivity index (χ2v) is 8.30. The molecule has 1 unspecified atom stereocenters. The Bertz CT molecular complexity index is 593. The zero-order chi connectivity index (χ0) is 19.7. The van der Waals surface area contributed by atoms with Crippen molar-refractivity contribution in [3.63, 3.8) is 0 Å². The van der Waals surface area contributed by atoms with Crippen molar-refractivity contribution >= 4 is 42.0 Å². The van der Waals surface area contributed by atoms with Gasteiger partial charge in [-0.25, -0.2) is 4.79 Å². The van der Waals surface area contributed by atoms with Crippen LogP contribution in [0.25, 0.3) is 0 Å². The van der Waals surface area contributed by atoms with Crippen LogP contribution in [0.5, 0.6) is 0 Å². The Labute approximate surface area is 166 Å². The lowest BCUT2D eigenvalue weighted by Crippen LogP contribution is -2.53. The molecule has 26 heavy (non-hydrogen) atoms.